The highest BCUT2D eigenvalue weighted by Crippen LogP contribution is 2.43. The summed E-state index contributed by atoms with van der Waals surface area (Å²) in [5.74, 6) is -0.860. The Balaban J connectivity index is 4.17. The van der Waals surface area contributed by atoms with Crippen LogP contribution in [-0.2, 0) is 32.7 Å². The highest BCUT2D eigenvalue weighted by atomic mass is 31.2. The highest BCUT2D eigenvalue weighted by Gasteiger charge is 2.26. The van der Waals surface area contributed by atoms with Crippen LogP contribution in [0, 0.1) is 0 Å². The van der Waals surface area contributed by atoms with Crippen molar-refractivity contribution in [3.63, 3.8) is 0 Å². The van der Waals surface area contributed by atoms with E-state index in [1.165, 1.54) is 103 Å². The van der Waals surface area contributed by atoms with Crippen LogP contribution in [0.3, 0.4) is 0 Å². The number of phosphoric acid groups is 1. The molecule has 9 nitrogen and oxygen atoms in total. The molecule has 326 valence electrons. The lowest BCUT2D eigenvalue weighted by atomic mass is 10.0. The summed E-state index contributed by atoms with van der Waals surface area (Å²) in [7, 11) is -4.38. The van der Waals surface area contributed by atoms with E-state index < -0.39 is 32.5 Å². The second-order valence-corrected chi connectivity index (χ2v) is 16.4. The Morgan fingerprint density at radius 2 is 0.964 bits per heavy atom. The van der Waals surface area contributed by atoms with Crippen molar-refractivity contribution in [3.05, 3.63) is 48.6 Å². The number of carbonyl (C=O) groups excluding carboxylic acids is 2. The van der Waals surface area contributed by atoms with Gasteiger partial charge in [0.1, 0.15) is 6.61 Å². The number of phosphoric ester groups is 1. The van der Waals surface area contributed by atoms with Crippen molar-refractivity contribution in [3.8, 4) is 0 Å². The number of carbonyl (C=O) groups is 2. The topological polar surface area (TPSA) is 134 Å². The third kappa shape index (κ3) is 41.6. The first-order valence-corrected chi connectivity index (χ1v) is 24.1. The minimum absolute atomic E-state index is 0.0484. The van der Waals surface area contributed by atoms with E-state index in [1.54, 1.807) is 0 Å². The van der Waals surface area contributed by atoms with Gasteiger partial charge in [-0.05, 0) is 51.4 Å². The number of allylic oxidation sites excluding steroid dienone is 8. The van der Waals surface area contributed by atoms with Crippen LogP contribution in [0.5, 0.6) is 0 Å². The van der Waals surface area contributed by atoms with Gasteiger partial charge >= 0.3 is 19.8 Å². The van der Waals surface area contributed by atoms with Crippen molar-refractivity contribution in [2.24, 2.45) is 5.73 Å². The van der Waals surface area contributed by atoms with Gasteiger partial charge in [0.05, 0.1) is 13.2 Å². The van der Waals surface area contributed by atoms with E-state index in [4.69, 9.17) is 24.3 Å². The van der Waals surface area contributed by atoms with E-state index in [0.717, 1.165) is 57.8 Å². The number of hydrogen-bond acceptors (Lipinski definition) is 8. The Hall–Kier alpha value is -2.03. The van der Waals surface area contributed by atoms with Crippen LogP contribution >= 0.6 is 7.82 Å². The van der Waals surface area contributed by atoms with Crippen molar-refractivity contribution in [2.75, 3.05) is 26.4 Å². The Morgan fingerprint density at radius 1 is 0.536 bits per heavy atom. The van der Waals surface area contributed by atoms with Gasteiger partial charge in [0.25, 0.3) is 0 Å². The molecule has 0 aliphatic carbocycles. The Labute approximate surface area is 343 Å². The van der Waals surface area contributed by atoms with Crippen molar-refractivity contribution in [1.82, 2.24) is 0 Å². The maximum absolute atomic E-state index is 12.6. The van der Waals surface area contributed by atoms with E-state index in [0.29, 0.717) is 12.8 Å². The maximum Gasteiger partial charge on any atom is 0.472 e. The monoisotopic (exact) mass is 810 g/mol. The average Bonchev–Trinajstić information content (AvgIpc) is 3.18. The molecule has 0 aromatic rings. The maximum atomic E-state index is 12.6. The van der Waals surface area contributed by atoms with Gasteiger partial charge in [-0.2, -0.15) is 0 Å². The van der Waals surface area contributed by atoms with Gasteiger partial charge in [-0.15, -0.1) is 0 Å². The third-order valence-electron chi connectivity index (χ3n) is 9.45. The number of unbranched alkanes of at least 4 members (excludes halogenated alkanes) is 21. The summed E-state index contributed by atoms with van der Waals surface area (Å²) in [5.41, 5.74) is 5.35. The fourth-order valence-corrected chi connectivity index (χ4v) is 6.86. The molecular weight excluding hydrogens is 725 g/mol. The first-order chi connectivity index (χ1) is 27.3. The zero-order chi connectivity index (χ0) is 41.1. The van der Waals surface area contributed by atoms with Crippen LogP contribution in [0.2, 0.25) is 0 Å². The summed E-state index contributed by atoms with van der Waals surface area (Å²) in [6, 6.07) is 0. The molecule has 0 aliphatic rings. The molecule has 1 unspecified atom stereocenters. The molecule has 0 aromatic carbocycles. The van der Waals surface area contributed by atoms with Gasteiger partial charge in [-0.1, -0.05) is 184 Å². The molecule has 0 saturated heterocycles. The minimum atomic E-state index is -4.38. The van der Waals surface area contributed by atoms with Gasteiger partial charge < -0.3 is 20.1 Å². The number of ether oxygens (including phenoxy) is 2. The van der Waals surface area contributed by atoms with Crippen LogP contribution in [0.15, 0.2) is 48.6 Å². The predicted octanol–water partition coefficient (Wildman–Crippen LogP) is 13.1. The molecule has 0 aliphatic heterocycles. The summed E-state index contributed by atoms with van der Waals surface area (Å²) < 4.78 is 32.8. The summed E-state index contributed by atoms with van der Waals surface area (Å²) >= 11 is 0. The molecule has 0 heterocycles. The first-order valence-electron chi connectivity index (χ1n) is 22.6. The normalized spacial score (nSPS) is 13.7. The lowest BCUT2D eigenvalue weighted by molar-refractivity contribution is -0.161. The molecule has 56 heavy (non-hydrogen) atoms. The second-order valence-electron chi connectivity index (χ2n) is 14.9. The van der Waals surface area contributed by atoms with E-state index in [9.17, 15) is 19.0 Å². The molecule has 0 saturated carbocycles. The van der Waals surface area contributed by atoms with Crippen molar-refractivity contribution >= 4 is 19.8 Å². The minimum Gasteiger partial charge on any atom is -0.462 e. The Morgan fingerprint density at radius 3 is 1.45 bits per heavy atom. The fraction of sp³-hybridized carbons (Fsp3) is 0.783. The molecule has 2 atom stereocenters. The zero-order valence-corrected chi connectivity index (χ0v) is 36.8. The molecule has 10 heteroatoms. The number of esters is 2. The number of rotatable bonds is 42. The van der Waals surface area contributed by atoms with Crippen LogP contribution < -0.4 is 5.73 Å². The van der Waals surface area contributed by atoms with Gasteiger partial charge in [0.15, 0.2) is 6.10 Å². The van der Waals surface area contributed by atoms with Crippen LogP contribution in [0.4, 0.5) is 0 Å². The van der Waals surface area contributed by atoms with Crippen molar-refractivity contribution in [1.29, 1.82) is 0 Å². The van der Waals surface area contributed by atoms with Crippen molar-refractivity contribution in [2.45, 2.75) is 206 Å². The molecule has 0 rings (SSSR count). The summed E-state index contributed by atoms with van der Waals surface area (Å²) in [6.45, 7) is 3.64. The van der Waals surface area contributed by atoms with Crippen LogP contribution in [0.1, 0.15) is 200 Å². The van der Waals surface area contributed by atoms with E-state index >= 15 is 0 Å². The van der Waals surface area contributed by atoms with Gasteiger partial charge in [0, 0.05) is 19.4 Å². The number of hydrogen-bond donors (Lipinski definition) is 2. The largest absolute Gasteiger partial charge is 0.472 e. The SMILES string of the molecule is CCC/C=C/C/C=C/C/C=C/C/C=C/CCCCCC(=O)OC[C@H](COP(=O)(O)OCCN)OC(=O)CCCCCCCCCCCCCCCCCCCC. The van der Waals surface area contributed by atoms with Crippen molar-refractivity contribution < 1.29 is 37.6 Å². The molecule has 0 radical (unpaired) electrons. The molecule has 0 fully saturated rings. The molecule has 0 aromatic heterocycles. The van der Waals surface area contributed by atoms with E-state index in [-0.39, 0.29) is 32.6 Å². The third-order valence-corrected chi connectivity index (χ3v) is 10.4. The molecule has 3 N–H and O–H groups in total. The Bertz CT molecular complexity index is 1060. The lowest BCUT2D eigenvalue weighted by Crippen LogP contribution is -2.29. The van der Waals surface area contributed by atoms with Crippen LogP contribution in [0.25, 0.3) is 0 Å². The lowest BCUT2D eigenvalue weighted by Gasteiger charge is -2.19. The Kier molecular flexibility index (Phi) is 41.0. The molecule has 0 amide bonds. The van der Waals surface area contributed by atoms with Gasteiger partial charge in [-0.3, -0.25) is 18.6 Å². The highest BCUT2D eigenvalue weighted by molar-refractivity contribution is 7.47. The zero-order valence-electron chi connectivity index (χ0n) is 35.9. The summed E-state index contributed by atoms with van der Waals surface area (Å²) in [6.07, 6.45) is 48.5. The van der Waals surface area contributed by atoms with E-state index in [1.807, 2.05) is 0 Å². The van der Waals surface area contributed by atoms with Gasteiger partial charge in [-0.25, -0.2) is 4.57 Å². The smallest absolute Gasteiger partial charge is 0.462 e. The fourth-order valence-electron chi connectivity index (χ4n) is 6.10. The standard InChI is InChI=1S/C46H84NO8P/c1-3-5-7-9-11-13-15-17-19-21-23-25-27-29-31-33-35-37-39-46(49)55-44(43-54-56(50,51)53-41-40-47)42-52-45(48)38-36-34-32-30-28-26-24-22-20-18-16-14-12-10-8-6-4-2/h8,10,14,16,20,22,26,28,44H,3-7,9,11-13,15,17-19,21,23-25,27,29-43,47H2,1-2H3,(H,50,51)/b10-8+,16-14+,22-20+,28-26+/t44-/m1/s1. The quantitative estimate of drug-likeness (QED) is 0.0267. The second kappa shape index (κ2) is 42.6. The number of nitrogens with two attached hydrogens (primary N) is 1. The molecular formula is C46H84NO8P. The van der Waals surface area contributed by atoms with Gasteiger partial charge in [0.2, 0.25) is 0 Å². The molecule has 0 bridgehead atoms. The van der Waals surface area contributed by atoms with E-state index in [2.05, 4.69) is 62.5 Å². The van der Waals surface area contributed by atoms with Crippen LogP contribution in [-0.4, -0.2) is 49.3 Å². The summed E-state index contributed by atoms with van der Waals surface area (Å²) in [4.78, 5) is 34.9. The first kappa shape index (κ1) is 54.0. The average molecular weight is 810 g/mol. The predicted molar refractivity (Wildman–Crippen MR) is 233 cm³/mol. The summed E-state index contributed by atoms with van der Waals surface area (Å²) in [5, 5.41) is 0. The molecule has 0 spiro atoms.